The molecule has 0 aliphatic carbocycles. The number of thiol groups is 1. The van der Waals surface area contributed by atoms with Crippen LogP contribution in [0, 0.1) is 0 Å². The van der Waals surface area contributed by atoms with Gasteiger partial charge in [0, 0.05) is 17.5 Å². The summed E-state index contributed by atoms with van der Waals surface area (Å²) in [6.45, 7) is 0. The number of nitrogens with zero attached hydrogens (tertiary/aromatic N) is 2. The van der Waals surface area contributed by atoms with E-state index in [1.807, 2.05) is 12.1 Å². The monoisotopic (exact) mass is 335 g/mol. The molecule has 0 N–H and O–H groups in total. The van der Waals surface area contributed by atoms with E-state index >= 15 is 0 Å². The minimum absolute atomic E-state index is 0.944. The lowest BCUT2D eigenvalue weighted by molar-refractivity contribution is 0.684. The molecule has 0 fully saturated rings. The fourth-order valence-corrected chi connectivity index (χ4v) is 3.07. The summed E-state index contributed by atoms with van der Waals surface area (Å²) in [4.78, 5) is 4.85. The number of amidine groups is 1. The third-order valence-corrected chi connectivity index (χ3v) is 4.43. The molecule has 0 aromatic heterocycles. The molecule has 1 aliphatic rings. The summed E-state index contributed by atoms with van der Waals surface area (Å²) in [6.07, 6.45) is 5.73. The summed E-state index contributed by atoms with van der Waals surface area (Å²) in [7, 11) is 0. The van der Waals surface area contributed by atoms with Crippen LogP contribution in [0.3, 0.4) is 0 Å². The van der Waals surface area contributed by atoms with Crippen LogP contribution < -0.4 is 5.32 Å². The van der Waals surface area contributed by atoms with Crippen molar-refractivity contribution in [3.63, 3.8) is 0 Å². The summed E-state index contributed by atoms with van der Waals surface area (Å²) in [5.74, 6) is 1.93. The Morgan fingerprint density at radius 2 is 1.25 bits per heavy atom. The van der Waals surface area contributed by atoms with Crippen molar-refractivity contribution in [2.24, 2.45) is 4.99 Å². The van der Waals surface area contributed by atoms with Crippen molar-refractivity contribution in [1.29, 1.82) is 0 Å². The van der Waals surface area contributed by atoms with Gasteiger partial charge in [0.2, 0.25) is 0 Å². The fourth-order valence-electron chi connectivity index (χ4n) is 2.84. The Bertz CT molecular complexity index is 705. The van der Waals surface area contributed by atoms with Crippen LogP contribution in [0.5, 0.6) is 0 Å². The zero-order valence-electron chi connectivity index (χ0n) is 13.9. The molecule has 3 heteroatoms. The molecule has 24 heavy (non-hydrogen) atoms. The van der Waals surface area contributed by atoms with Gasteiger partial charge >= 0.3 is 0 Å². The van der Waals surface area contributed by atoms with E-state index in [2.05, 4.69) is 61.2 Å². The predicted octanol–water partition coefficient (Wildman–Crippen LogP) is 5.41. The van der Waals surface area contributed by atoms with Crippen molar-refractivity contribution in [1.82, 2.24) is 5.32 Å². The average molecular weight is 335 g/mol. The second-order valence-corrected chi connectivity index (χ2v) is 6.40. The Hall–Kier alpha value is -2.00. The molecule has 0 amide bonds. The number of hydrogen-bond donors (Lipinski definition) is 1. The van der Waals surface area contributed by atoms with Gasteiger partial charge in [-0.15, -0.1) is 0 Å². The summed E-state index contributed by atoms with van der Waals surface area (Å²) < 4.78 is 0. The van der Waals surface area contributed by atoms with Crippen LogP contribution in [0.1, 0.15) is 43.2 Å². The molecule has 2 nitrogen and oxygen atoms in total. The first-order valence-electron chi connectivity index (χ1n) is 8.64. The van der Waals surface area contributed by atoms with Gasteiger partial charge in [-0.25, -0.2) is 10.3 Å². The van der Waals surface area contributed by atoms with Crippen LogP contribution in [0.2, 0.25) is 0 Å². The molecule has 123 valence electrons. The van der Waals surface area contributed by atoms with E-state index < -0.39 is 0 Å². The van der Waals surface area contributed by atoms with E-state index in [0.29, 0.717) is 0 Å². The lowest BCUT2D eigenvalue weighted by Gasteiger charge is -2.06. The molecule has 1 radical (unpaired) electrons. The SMILES string of the molecule is SCCCCCCC1=NC(c2ccccc2)=C(c2ccccc2)[N]1. The number of hydrogen-bond acceptors (Lipinski definition) is 2. The molecular weight excluding hydrogens is 312 g/mol. The molecule has 0 spiro atoms. The maximum Gasteiger partial charge on any atom is 0.129 e. The molecule has 1 aliphatic heterocycles. The molecular formula is C21H23N2S. The van der Waals surface area contributed by atoms with Gasteiger partial charge in [0.15, 0.2) is 0 Å². The zero-order valence-corrected chi connectivity index (χ0v) is 14.8. The van der Waals surface area contributed by atoms with E-state index in [4.69, 9.17) is 10.3 Å². The number of rotatable bonds is 8. The van der Waals surface area contributed by atoms with Gasteiger partial charge in [-0.05, 0) is 18.6 Å². The Morgan fingerprint density at radius 1 is 0.667 bits per heavy atom. The Kier molecular flexibility index (Phi) is 6.13. The first-order chi connectivity index (χ1) is 11.9. The van der Waals surface area contributed by atoms with Crippen LogP contribution in [0.4, 0.5) is 0 Å². The highest BCUT2D eigenvalue weighted by atomic mass is 32.1. The summed E-state index contributed by atoms with van der Waals surface area (Å²) in [6, 6.07) is 20.7. The van der Waals surface area contributed by atoms with E-state index in [0.717, 1.165) is 47.0 Å². The number of unbranched alkanes of at least 4 members (excludes halogenated alkanes) is 3. The Balaban J connectivity index is 1.76. The molecule has 2 aromatic carbocycles. The maximum absolute atomic E-state index is 4.85. The molecule has 0 saturated heterocycles. The van der Waals surface area contributed by atoms with Crippen molar-refractivity contribution < 1.29 is 0 Å². The quantitative estimate of drug-likeness (QED) is 0.493. The Morgan fingerprint density at radius 3 is 1.88 bits per heavy atom. The standard InChI is InChI=1S/C21H23N2S/c24-16-10-2-1-9-15-19-22-20(17-11-5-3-6-12-17)21(23-19)18-13-7-4-8-14-18/h3-8,11-14,24H,1-2,9-10,15-16H2. The van der Waals surface area contributed by atoms with E-state index in [1.165, 1.54) is 19.3 Å². The third-order valence-electron chi connectivity index (χ3n) is 4.11. The molecule has 0 unspecified atom stereocenters. The van der Waals surface area contributed by atoms with Crippen molar-refractivity contribution in [2.45, 2.75) is 32.1 Å². The van der Waals surface area contributed by atoms with Crippen LogP contribution in [0.15, 0.2) is 65.7 Å². The smallest absolute Gasteiger partial charge is 0.129 e. The van der Waals surface area contributed by atoms with Gasteiger partial charge < -0.3 is 0 Å². The minimum Gasteiger partial charge on any atom is -0.231 e. The van der Waals surface area contributed by atoms with E-state index in [9.17, 15) is 0 Å². The first-order valence-corrected chi connectivity index (χ1v) is 9.27. The van der Waals surface area contributed by atoms with Crippen LogP contribution in [-0.4, -0.2) is 11.6 Å². The second-order valence-electron chi connectivity index (χ2n) is 5.96. The third kappa shape index (κ3) is 4.30. The largest absolute Gasteiger partial charge is 0.231 e. The van der Waals surface area contributed by atoms with Crippen molar-refractivity contribution in [3.05, 3.63) is 71.8 Å². The van der Waals surface area contributed by atoms with Crippen LogP contribution in [-0.2, 0) is 0 Å². The van der Waals surface area contributed by atoms with Crippen LogP contribution in [0.25, 0.3) is 11.4 Å². The maximum atomic E-state index is 4.85. The van der Waals surface area contributed by atoms with Crippen molar-refractivity contribution in [3.8, 4) is 0 Å². The van der Waals surface area contributed by atoms with Crippen LogP contribution >= 0.6 is 12.6 Å². The molecule has 2 aromatic rings. The van der Waals surface area contributed by atoms with E-state index in [-0.39, 0.29) is 0 Å². The van der Waals surface area contributed by atoms with Gasteiger partial charge in [0.25, 0.3) is 0 Å². The summed E-state index contributed by atoms with van der Waals surface area (Å²) in [5, 5.41) is 4.85. The molecule has 0 bridgehead atoms. The van der Waals surface area contributed by atoms with Crippen molar-refractivity contribution >= 4 is 29.9 Å². The second kappa shape index (κ2) is 8.74. The lowest BCUT2D eigenvalue weighted by atomic mass is 10.1. The highest BCUT2D eigenvalue weighted by Crippen LogP contribution is 2.31. The van der Waals surface area contributed by atoms with Gasteiger partial charge in [0.1, 0.15) is 5.84 Å². The normalized spacial score (nSPS) is 13.8. The van der Waals surface area contributed by atoms with E-state index in [1.54, 1.807) is 0 Å². The summed E-state index contributed by atoms with van der Waals surface area (Å²) >= 11 is 4.27. The first kappa shape index (κ1) is 16.8. The van der Waals surface area contributed by atoms with Gasteiger partial charge in [-0.3, -0.25) is 0 Å². The molecule has 0 saturated carbocycles. The predicted molar refractivity (Wildman–Crippen MR) is 106 cm³/mol. The van der Waals surface area contributed by atoms with Gasteiger partial charge in [-0.2, -0.15) is 12.6 Å². The molecule has 0 atom stereocenters. The average Bonchev–Trinajstić information content (AvgIpc) is 3.07. The highest BCUT2D eigenvalue weighted by Gasteiger charge is 2.21. The fraction of sp³-hybridized carbons (Fsp3) is 0.286. The number of aliphatic imine (C=N–C) groups is 1. The van der Waals surface area contributed by atoms with Crippen molar-refractivity contribution in [2.75, 3.05) is 5.75 Å². The lowest BCUT2D eigenvalue weighted by Crippen LogP contribution is -2.10. The van der Waals surface area contributed by atoms with Gasteiger partial charge in [0.05, 0.1) is 11.4 Å². The topological polar surface area (TPSA) is 26.5 Å². The minimum atomic E-state index is 0.944. The van der Waals surface area contributed by atoms with Gasteiger partial charge in [-0.1, -0.05) is 73.5 Å². The highest BCUT2D eigenvalue weighted by molar-refractivity contribution is 7.80. The Labute approximate surface area is 150 Å². The molecule has 1 heterocycles. The zero-order chi connectivity index (χ0) is 16.6. The molecule has 3 rings (SSSR count). The summed E-state index contributed by atoms with van der Waals surface area (Å²) in [5.41, 5.74) is 4.25. The number of benzene rings is 2.